The molecule has 1 aliphatic rings. The molecule has 0 unspecified atom stereocenters. The minimum atomic E-state index is -0.629. The summed E-state index contributed by atoms with van der Waals surface area (Å²) >= 11 is 0. The van der Waals surface area contributed by atoms with Crippen molar-refractivity contribution >= 4 is 16.7 Å². The number of H-pyrrole nitrogens is 1. The van der Waals surface area contributed by atoms with Gasteiger partial charge in [0.15, 0.2) is 5.65 Å². The molecule has 0 bridgehead atoms. The van der Waals surface area contributed by atoms with E-state index in [2.05, 4.69) is 63.1 Å². The van der Waals surface area contributed by atoms with E-state index in [9.17, 15) is 8.78 Å². The molecule has 2 aromatic heterocycles. The summed E-state index contributed by atoms with van der Waals surface area (Å²) in [6.07, 6.45) is 0. The third-order valence-corrected chi connectivity index (χ3v) is 6.14. The van der Waals surface area contributed by atoms with Crippen molar-refractivity contribution in [3.8, 4) is 22.5 Å². The number of aromatic nitrogens is 3. The van der Waals surface area contributed by atoms with Crippen LogP contribution in [0.4, 0.5) is 14.5 Å². The number of benzene rings is 2. The van der Waals surface area contributed by atoms with Crippen LogP contribution >= 0.6 is 0 Å². The Morgan fingerprint density at radius 1 is 0.844 bits per heavy atom. The van der Waals surface area contributed by atoms with Gasteiger partial charge in [0.05, 0.1) is 11.4 Å². The summed E-state index contributed by atoms with van der Waals surface area (Å²) in [5.74, 6) is -1.26. The Morgan fingerprint density at radius 3 is 2.19 bits per heavy atom. The zero-order chi connectivity index (χ0) is 22.2. The van der Waals surface area contributed by atoms with Crippen molar-refractivity contribution in [3.63, 3.8) is 0 Å². The number of anilines is 1. The molecule has 5 nitrogen and oxygen atoms in total. The number of halogens is 2. The number of pyridine rings is 1. The lowest BCUT2D eigenvalue weighted by molar-refractivity contribution is 0.209. The topological polar surface area (TPSA) is 48.0 Å². The van der Waals surface area contributed by atoms with Crippen LogP contribution in [0.1, 0.15) is 13.8 Å². The minimum absolute atomic E-state index is 0.385. The molecule has 1 N–H and O–H groups in total. The van der Waals surface area contributed by atoms with Gasteiger partial charge in [-0.05, 0) is 50.2 Å². The SMILES string of the molecule is CC(C)N1CCN(c2ccc(-c3[nH]nc4nc(-c5cc(F)cc(F)c5)ccc34)cc2)CC1. The molecule has 0 amide bonds. The van der Waals surface area contributed by atoms with E-state index in [4.69, 9.17) is 0 Å². The molecule has 0 atom stereocenters. The molecule has 0 aliphatic carbocycles. The molecule has 0 spiro atoms. The monoisotopic (exact) mass is 433 g/mol. The Hall–Kier alpha value is -3.32. The first-order valence-electron chi connectivity index (χ1n) is 10.9. The zero-order valence-corrected chi connectivity index (χ0v) is 18.1. The second-order valence-electron chi connectivity index (χ2n) is 8.49. The smallest absolute Gasteiger partial charge is 0.182 e. The fourth-order valence-corrected chi connectivity index (χ4v) is 4.32. The highest BCUT2D eigenvalue weighted by Crippen LogP contribution is 2.30. The second kappa shape index (κ2) is 8.31. The fourth-order valence-electron chi connectivity index (χ4n) is 4.32. The van der Waals surface area contributed by atoms with Crippen molar-refractivity contribution in [2.75, 3.05) is 31.1 Å². The number of hydrogen-bond donors (Lipinski definition) is 1. The molecular formula is C25H25F2N5. The van der Waals surface area contributed by atoms with E-state index in [-0.39, 0.29) is 0 Å². The first-order valence-corrected chi connectivity index (χ1v) is 10.9. The van der Waals surface area contributed by atoms with Crippen molar-refractivity contribution in [1.29, 1.82) is 0 Å². The molecule has 164 valence electrons. The summed E-state index contributed by atoms with van der Waals surface area (Å²) in [4.78, 5) is 9.41. The van der Waals surface area contributed by atoms with Crippen LogP contribution in [-0.2, 0) is 0 Å². The van der Waals surface area contributed by atoms with Gasteiger partial charge in [-0.2, -0.15) is 5.10 Å². The largest absolute Gasteiger partial charge is 0.369 e. The molecule has 5 rings (SSSR count). The van der Waals surface area contributed by atoms with Gasteiger partial charge in [0, 0.05) is 60.5 Å². The molecular weight excluding hydrogens is 408 g/mol. The molecule has 3 heterocycles. The number of rotatable bonds is 4. The minimum Gasteiger partial charge on any atom is -0.369 e. The van der Waals surface area contributed by atoms with Gasteiger partial charge in [-0.25, -0.2) is 13.8 Å². The van der Waals surface area contributed by atoms with Gasteiger partial charge < -0.3 is 4.90 Å². The second-order valence-corrected chi connectivity index (χ2v) is 8.49. The Kier molecular flexibility index (Phi) is 5.35. The Balaban J connectivity index is 1.38. The predicted molar refractivity (Wildman–Crippen MR) is 124 cm³/mol. The summed E-state index contributed by atoms with van der Waals surface area (Å²) in [6.45, 7) is 8.69. The molecule has 7 heteroatoms. The number of nitrogens with zero attached hydrogens (tertiary/aromatic N) is 4. The van der Waals surface area contributed by atoms with E-state index in [1.807, 2.05) is 6.07 Å². The van der Waals surface area contributed by atoms with Crippen molar-refractivity contribution < 1.29 is 8.78 Å². The quantitative estimate of drug-likeness (QED) is 0.486. The van der Waals surface area contributed by atoms with Gasteiger partial charge in [-0.15, -0.1) is 0 Å². The number of fused-ring (bicyclic) bond motifs is 1. The van der Waals surface area contributed by atoms with Gasteiger partial charge in [0.2, 0.25) is 0 Å². The summed E-state index contributed by atoms with van der Waals surface area (Å²) < 4.78 is 27.2. The van der Waals surface area contributed by atoms with Crippen LogP contribution in [0.3, 0.4) is 0 Å². The van der Waals surface area contributed by atoms with Gasteiger partial charge in [-0.3, -0.25) is 10.00 Å². The maximum atomic E-state index is 13.6. The van der Waals surface area contributed by atoms with Gasteiger partial charge in [0.1, 0.15) is 11.6 Å². The molecule has 1 aliphatic heterocycles. The molecule has 32 heavy (non-hydrogen) atoms. The first-order chi connectivity index (χ1) is 15.5. The van der Waals surface area contributed by atoms with E-state index >= 15 is 0 Å². The molecule has 1 saturated heterocycles. The highest BCUT2D eigenvalue weighted by atomic mass is 19.1. The number of piperazine rings is 1. The van der Waals surface area contributed by atoms with E-state index in [0.29, 0.717) is 22.9 Å². The third-order valence-electron chi connectivity index (χ3n) is 6.14. The van der Waals surface area contributed by atoms with E-state index < -0.39 is 11.6 Å². The van der Waals surface area contributed by atoms with Gasteiger partial charge >= 0.3 is 0 Å². The fraction of sp³-hybridized carbons (Fsp3) is 0.280. The molecule has 0 saturated carbocycles. The van der Waals surface area contributed by atoms with E-state index in [1.165, 1.54) is 17.8 Å². The highest BCUT2D eigenvalue weighted by Gasteiger charge is 2.19. The van der Waals surface area contributed by atoms with E-state index in [0.717, 1.165) is 48.9 Å². The lowest BCUT2D eigenvalue weighted by Crippen LogP contribution is -2.48. The lowest BCUT2D eigenvalue weighted by atomic mass is 10.1. The normalized spacial score (nSPS) is 15.1. The van der Waals surface area contributed by atoms with Crippen LogP contribution in [0.15, 0.2) is 54.6 Å². The summed E-state index contributed by atoms with van der Waals surface area (Å²) in [6, 6.07) is 16.1. The summed E-state index contributed by atoms with van der Waals surface area (Å²) in [5.41, 5.74) is 4.48. The average Bonchev–Trinajstić information content (AvgIpc) is 3.22. The predicted octanol–water partition coefficient (Wildman–Crippen LogP) is 5.10. The Morgan fingerprint density at radius 2 is 1.53 bits per heavy atom. The van der Waals surface area contributed by atoms with Crippen molar-refractivity contribution in [3.05, 3.63) is 66.2 Å². The molecule has 0 radical (unpaired) electrons. The van der Waals surface area contributed by atoms with Crippen LogP contribution < -0.4 is 4.90 Å². The molecule has 2 aromatic carbocycles. The standard InChI is InChI=1S/C25H25F2N5/c1-16(2)31-9-11-32(12-10-31)21-5-3-17(4-6-21)24-22-7-8-23(28-25(22)30-29-24)18-13-19(26)15-20(27)14-18/h3-8,13-16H,9-12H2,1-2H3,(H,28,29,30). The summed E-state index contributed by atoms with van der Waals surface area (Å²) in [7, 11) is 0. The van der Waals surface area contributed by atoms with Crippen LogP contribution in [0, 0.1) is 11.6 Å². The highest BCUT2D eigenvalue weighted by molar-refractivity contribution is 5.92. The molecule has 1 fully saturated rings. The number of aromatic amines is 1. The van der Waals surface area contributed by atoms with Crippen molar-refractivity contribution in [2.24, 2.45) is 0 Å². The Labute approximate surface area is 185 Å². The van der Waals surface area contributed by atoms with Gasteiger partial charge in [-0.1, -0.05) is 12.1 Å². The van der Waals surface area contributed by atoms with Crippen molar-refractivity contribution in [2.45, 2.75) is 19.9 Å². The maximum absolute atomic E-state index is 13.6. The molecule has 4 aromatic rings. The van der Waals surface area contributed by atoms with Gasteiger partial charge in [0.25, 0.3) is 0 Å². The zero-order valence-electron chi connectivity index (χ0n) is 18.1. The van der Waals surface area contributed by atoms with Crippen LogP contribution in [0.2, 0.25) is 0 Å². The van der Waals surface area contributed by atoms with Crippen LogP contribution in [0.25, 0.3) is 33.5 Å². The van der Waals surface area contributed by atoms with Crippen LogP contribution in [-0.4, -0.2) is 52.3 Å². The van der Waals surface area contributed by atoms with Crippen LogP contribution in [0.5, 0.6) is 0 Å². The summed E-state index contributed by atoms with van der Waals surface area (Å²) in [5, 5.41) is 8.26. The maximum Gasteiger partial charge on any atom is 0.182 e. The number of nitrogens with one attached hydrogen (secondary N) is 1. The lowest BCUT2D eigenvalue weighted by Gasteiger charge is -2.38. The average molecular weight is 434 g/mol. The third kappa shape index (κ3) is 3.96. The first kappa shape index (κ1) is 20.6. The van der Waals surface area contributed by atoms with Crippen molar-refractivity contribution in [1.82, 2.24) is 20.1 Å². The van der Waals surface area contributed by atoms with E-state index in [1.54, 1.807) is 6.07 Å². The number of hydrogen-bond acceptors (Lipinski definition) is 4. The Bertz CT molecular complexity index is 1220.